The molecule has 1 saturated heterocycles. The van der Waals surface area contributed by atoms with Gasteiger partial charge in [-0.15, -0.1) is 0 Å². The largest absolute Gasteiger partial charge is 0.462 e. The predicted octanol–water partition coefficient (Wildman–Crippen LogP) is 1.63. The van der Waals surface area contributed by atoms with Crippen molar-refractivity contribution in [2.45, 2.75) is 26.7 Å². The molecule has 1 aliphatic rings. The molecule has 1 fully saturated rings. The van der Waals surface area contributed by atoms with Gasteiger partial charge < -0.3 is 10.1 Å². The van der Waals surface area contributed by atoms with Crippen molar-refractivity contribution in [2.75, 3.05) is 39.1 Å². The molecule has 1 aromatic carbocycles. The molecule has 1 heterocycles. The van der Waals surface area contributed by atoms with Gasteiger partial charge in [-0.2, -0.15) is 17.0 Å². The van der Waals surface area contributed by atoms with Crippen molar-refractivity contribution in [3.63, 3.8) is 0 Å². The maximum Gasteiger partial charge on any atom is 0.338 e. The maximum absolute atomic E-state index is 12.6. The number of piperidine rings is 1. The maximum atomic E-state index is 12.6. The van der Waals surface area contributed by atoms with Crippen LogP contribution in [-0.2, 0) is 19.7 Å². The van der Waals surface area contributed by atoms with Crippen molar-refractivity contribution in [3.8, 4) is 0 Å². The number of ether oxygens (including phenoxy) is 1. The van der Waals surface area contributed by atoms with E-state index in [1.54, 1.807) is 32.0 Å². The lowest BCUT2D eigenvalue weighted by Crippen LogP contribution is -2.47. The van der Waals surface area contributed by atoms with E-state index in [1.165, 1.54) is 18.4 Å². The third-order valence-electron chi connectivity index (χ3n) is 4.54. The Morgan fingerprint density at radius 1 is 1.33 bits per heavy atom. The molecule has 0 bridgehead atoms. The molecule has 1 aliphatic heterocycles. The minimum absolute atomic E-state index is 0.159. The van der Waals surface area contributed by atoms with Crippen LogP contribution in [0.1, 0.15) is 35.7 Å². The number of rotatable bonds is 6. The summed E-state index contributed by atoms with van der Waals surface area (Å²) < 4.78 is 32.1. The number of carbonyl (C=O) groups excluding carboxylic acids is 2. The number of anilines is 1. The Hall–Kier alpha value is -1.97. The number of hydrogen-bond acceptors (Lipinski definition) is 5. The summed E-state index contributed by atoms with van der Waals surface area (Å²) in [4.78, 5) is 24.4. The first-order valence-corrected chi connectivity index (χ1v) is 10.3. The number of hydrogen-bond donors (Lipinski definition) is 1. The summed E-state index contributed by atoms with van der Waals surface area (Å²) in [5.74, 6) is -1.05. The highest BCUT2D eigenvalue weighted by Gasteiger charge is 2.33. The monoisotopic (exact) mass is 397 g/mol. The molecule has 150 valence electrons. The average Bonchev–Trinajstić information content (AvgIpc) is 2.63. The molecule has 1 atom stereocenters. The highest BCUT2D eigenvalue weighted by molar-refractivity contribution is 7.86. The van der Waals surface area contributed by atoms with Gasteiger partial charge in [-0.25, -0.2) is 4.79 Å². The molecule has 9 heteroatoms. The minimum Gasteiger partial charge on any atom is -0.462 e. The fourth-order valence-electron chi connectivity index (χ4n) is 2.98. The molecule has 27 heavy (non-hydrogen) atoms. The highest BCUT2D eigenvalue weighted by atomic mass is 32.2. The quantitative estimate of drug-likeness (QED) is 0.736. The van der Waals surface area contributed by atoms with Crippen LogP contribution < -0.4 is 5.32 Å². The normalized spacial score (nSPS) is 18.3. The third kappa shape index (κ3) is 5.06. The van der Waals surface area contributed by atoms with Crippen molar-refractivity contribution in [2.24, 2.45) is 5.92 Å². The van der Waals surface area contributed by atoms with E-state index in [-0.39, 0.29) is 12.5 Å². The molecule has 2 rings (SSSR count). The zero-order valence-electron chi connectivity index (χ0n) is 16.2. The Morgan fingerprint density at radius 3 is 2.63 bits per heavy atom. The van der Waals surface area contributed by atoms with Gasteiger partial charge in [0.05, 0.1) is 18.1 Å². The van der Waals surface area contributed by atoms with E-state index in [2.05, 4.69) is 5.32 Å². The van der Waals surface area contributed by atoms with Crippen LogP contribution >= 0.6 is 0 Å². The van der Waals surface area contributed by atoms with Gasteiger partial charge in [-0.1, -0.05) is 0 Å². The number of amides is 1. The van der Waals surface area contributed by atoms with Gasteiger partial charge in [-0.05, 0) is 50.5 Å². The van der Waals surface area contributed by atoms with Crippen LogP contribution in [0.5, 0.6) is 0 Å². The number of benzene rings is 1. The number of nitrogens with zero attached hydrogens (tertiary/aromatic N) is 2. The van der Waals surface area contributed by atoms with Crippen LogP contribution in [0.2, 0.25) is 0 Å². The topological polar surface area (TPSA) is 96.0 Å². The van der Waals surface area contributed by atoms with E-state index in [0.29, 0.717) is 37.2 Å². The fraction of sp³-hybridized carbons (Fsp3) is 0.556. The SMILES string of the molecule is CCOC(=O)c1ccc(NC(=O)[C@H]2CCCN(S(=O)(=O)N(C)C)C2)c(C)c1. The molecule has 8 nitrogen and oxygen atoms in total. The molecule has 1 aromatic rings. The summed E-state index contributed by atoms with van der Waals surface area (Å²) in [6.45, 7) is 4.40. The summed E-state index contributed by atoms with van der Waals surface area (Å²) >= 11 is 0. The van der Waals surface area contributed by atoms with Gasteiger partial charge in [-0.3, -0.25) is 4.79 Å². The van der Waals surface area contributed by atoms with Crippen molar-refractivity contribution in [3.05, 3.63) is 29.3 Å². The van der Waals surface area contributed by atoms with Crippen LogP contribution in [-0.4, -0.2) is 62.7 Å². The van der Waals surface area contributed by atoms with Gasteiger partial charge in [0.25, 0.3) is 10.2 Å². The first-order valence-electron chi connectivity index (χ1n) is 8.93. The van der Waals surface area contributed by atoms with E-state index in [1.807, 2.05) is 0 Å². The van der Waals surface area contributed by atoms with Crippen LogP contribution in [0, 0.1) is 12.8 Å². The molecule has 1 N–H and O–H groups in total. The van der Waals surface area contributed by atoms with E-state index in [9.17, 15) is 18.0 Å². The van der Waals surface area contributed by atoms with E-state index < -0.39 is 22.1 Å². The summed E-state index contributed by atoms with van der Waals surface area (Å²) in [7, 11) is -0.573. The van der Waals surface area contributed by atoms with E-state index in [0.717, 1.165) is 9.87 Å². The Labute approximate surface area is 160 Å². The molecular formula is C18H27N3O5S. The lowest BCUT2D eigenvalue weighted by atomic mass is 9.98. The lowest BCUT2D eigenvalue weighted by Gasteiger charge is -2.32. The molecule has 0 aliphatic carbocycles. The summed E-state index contributed by atoms with van der Waals surface area (Å²) in [6, 6.07) is 4.93. The zero-order valence-corrected chi connectivity index (χ0v) is 17.0. The van der Waals surface area contributed by atoms with Crippen molar-refractivity contribution in [1.82, 2.24) is 8.61 Å². The average molecular weight is 397 g/mol. The molecule has 0 aromatic heterocycles. The Bertz CT molecular complexity index is 807. The minimum atomic E-state index is -3.53. The van der Waals surface area contributed by atoms with Crippen molar-refractivity contribution in [1.29, 1.82) is 0 Å². The van der Waals surface area contributed by atoms with Gasteiger partial charge in [0, 0.05) is 32.9 Å². The first-order chi connectivity index (χ1) is 12.7. The number of esters is 1. The molecule has 1 amide bonds. The third-order valence-corrected chi connectivity index (χ3v) is 6.45. The summed E-state index contributed by atoms with van der Waals surface area (Å²) in [5, 5.41) is 2.85. The van der Waals surface area contributed by atoms with Gasteiger partial charge in [0.15, 0.2) is 0 Å². The van der Waals surface area contributed by atoms with Crippen molar-refractivity contribution >= 4 is 27.8 Å². The van der Waals surface area contributed by atoms with Gasteiger partial charge in [0.1, 0.15) is 0 Å². The second-order valence-electron chi connectivity index (χ2n) is 6.73. The van der Waals surface area contributed by atoms with Gasteiger partial charge in [0.2, 0.25) is 5.91 Å². The van der Waals surface area contributed by atoms with Crippen LogP contribution in [0.15, 0.2) is 18.2 Å². The number of nitrogens with one attached hydrogen (secondary N) is 1. The molecule has 0 unspecified atom stereocenters. The number of aryl methyl sites for hydroxylation is 1. The Morgan fingerprint density at radius 2 is 2.04 bits per heavy atom. The molecular weight excluding hydrogens is 370 g/mol. The lowest BCUT2D eigenvalue weighted by molar-refractivity contribution is -0.120. The predicted molar refractivity (Wildman–Crippen MR) is 103 cm³/mol. The second kappa shape index (κ2) is 8.81. The Kier molecular flexibility index (Phi) is 6.96. The highest BCUT2D eigenvalue weighted by Crippen LogP contribution is 2.23. The van der Waals surface area contributed by atoms with Crippen LogP contribution in [0.4, 0.5) is 5.69 Å². The number of carbonyl (C=O) groups is 2. The molecule has 0 spiro atoms. The van der Waals surface area contributed by atoms with Crippen LogP contribution in [0.3, 0.4) is 0 Å². The molecule has 0 saturated carbocycles. The van der Waals surface area contributed by atoms with Gasteiger partial charge >= 0.3 is 5.97 Å². The summed E-state index contributed by atoms with van der Waals surface area (Å²) in [5.41, 5.74) is 1.76. The second-order valence-corrected chi connectivity index (χ2v) is 8.87. The Balaban J connectivity index is 2.07. The van der Waals surface area contributed by atoms with Crippen molar-refractivity contribution < 1.29 is 22.7 Å². The van der Waals surface area contributed by atoms with E-state index in [4.69, 9.17) is 4.74 Å². The fourth-order valence-corrected chi connectivity index (χ4v) is 4.17. The van der Waals surface area contributed by atoms with Crippen LogP contribution in [0.25, 0.3) is 0 Å². The van der Waals surface area contributed by atoms with E-state index >= 15 is 0 Å². The summed E-state index contributed by atoms with van der Waals surface area (Å²) in [6.07, 6.45) is 1.26. The smallest absolute Gasteiger partial charge is 0.338 e. The standard InChI is InChI=1S/C18H27N3O5S/c1-5-26-18(23)14-8-9-16(13(2)11-14)19-17(22)15-7-6-10-21(12-15)27(24,25)20(3)4/h8-9,11,15H,5-7,10,12H2,1-4H3,(H,19,22)/t15-/m0/s1. The zero-order chi connectivity index (χ0) is 20.2. The molecule has 0 radical (unpaired) electrons. The first kappa shape index (κ1) is 21.3.